The van der Waals surface area contributed by atoms with E-state index in [4.69, 9.17) is 0 Å². The predicted octanol–water partition coefficient (Wildman–Crippen LogP) is 4.15. The van der Waals surface area contributed by atoms with Gasteiger partial charge in [0.15, 0.2) is 5.78 Å². The number of carbonyl (C=O) groups is 1. The lowest BCUT2D eigenvalue weighted by Gasteiger charge is -2.25. The summed E-state index contributed by atoms with van der Waals surface area (Å²) in [6.45, 7) is 0.853. The van der Waals surface area contributed by atoms with E-state index in [1.807, 2.05) is 14.1 Å². The highest BCUT2D eigenvalue weighted by atomic mass is 16.1. The van der Waals surface area contributed by atoms with Crippen LogP contribution >= 0.6 is 0 Å². The van der Waals surface area contributed by atoms with E-state index in [1.54, 1.807) is 0 Å². The van der Waals surface area contributed by atoms with Crippen LogP contribution in [0.5, 0.6) is 0 Å². The number of hydrogen-bond acceptors (Lipinski definition) is 2. The van der Waals surface area contributed by atoms with Crippen LogP contribution in [0.1, 0.15) is 24.8 Å². The molecule has 0 N–H and O–H groups in total. The number of fused-ring (bicyclic) bond motifs is 1. The summed E-state index contributed by atoms with van der Waals surface area (Å²) in [5.41, 5.74) is 2.15. The summed E-state index contributed by atoms with van der Waals surface area (Å²) < 4.78 is 0. The molecule has 1 atom stereocenters. The average Bonchev–Trinajstić information content (AvgIpc) is 2.51. The molecule has 1 unspecified atom stereocenters. The Morgan fingerprint density at radius 2 is 1.91 bits per heavy atom. The molecule has 22 heavy (non-hydrogen) atoms. The van der Waals surface area contributed by atoms with Gasteiger partial charge < -0.3 is 4.90 Å². The number of carbonyl (C=O) groups excluding carboxylic acids is 1. The van der Waals surface area contributed by atoms with Gasteiger partial charge in [0.1, 0.15) is 0 Å². The summed E-state index contributed by atoms with van der Waals surface area (Å²) in [6, 6.07) is 14.7. The minimum Gasteiger partial charge on any atom is -0.309 e. The lowest BCUT2D eigenvalue weighted by atomic mass is 9.83. The van der Waals surface area contributed by atoms with Crippen molar-refractivity contribution in [3.63, 3.8) is 0 Å². The molecule has 2 aromatic rings. The Balaban J connectivity index is 1.94. The maximum Gasteiger partial charge on any atom is 0.163 e. The maximum atomic E-state index is 12.7. The van der Waals surface area contributed by atoms with E-state index in [9.17, 15) is 4.79 Å². The van der Waals surface area contributed by atoms with E-state index < -0.39 is 0 Å². The SMILES string of the molecule is CN(C)CC1CCCC(=Cc2cccc3ccccc23)C1=O. The third-order valence-electron chi connectivity index (χ3n) is 4.42. The summed E-state index contributed by atoms with van der Waals surface area (Å²) >= 11 is 0. The molecule has 0 radical (unpaired) electrons. The van der Waals surface area contributed by atoms with Crippen molar-refractivity contribution in [1.82, 2.24) is 4.90 Å². The largest absolute Gasteiger partial charge is 0.309 e. The summed E-state index contributed by atoms with van der Waals surface area (Å²) in [7, 11) is 4.08. The maximum absolute atomic E-state index is 12.7. The van der Waals surface area contributed by atoms with Crippen molar-refractivity contribution in [3.05, 3.63) is 53.6 Å². The zero-order chi connectivity index (χ0) is 15.5. The van der Waals surface area contributed by atoms with Crippen LogP contribution < -0.4 is 0 Å². The fourth-order valence-electron chi connectivity index (χ4n) is 3.38. The Labute approximate surface area is 132 Å². The normalized spacial score (nSPS) is 21.0. The molecule has 2 heteroatoms. The number of benzene rings is 2. The molecule has 0 aromatic heterocycles. The molecule has 0 heterocycles. The van der Waals surface area contributed by atoms with Gasteiger partial charge in [-0.25, -0.2) is 0 Å². The number of allylic oxidation sites excluding steroid dienone is 1. The molecule has 1 fully saturated rings. The molecule has 0 bridgehead atoms. The number of ketones is 1. The van der Waals surface area contributed by atoms with Gasteiger partial charge in [-0.2, -0.15) is 0 Å². The van der Waals surface area contributed by atoms with E-state index in [0.29, 0.717) is 5.78 Å². The molecule has 1 aliphatic carbocycles. The highest BCUT2D eigenvalue weighted by molar-refractivity contribution is 6.04. The molecular formula is C20H23NO. The lowest BCUT2D eigenvalue weighted by molar-refractivity contribution is -0.120. The minimum atomic E-state index is 0.157. The second-order valence-electron chi connectivity index (χ2n) is 6.45. The van der Waals surface area contributed by atoms with Crippen molar-refractivity contribution in [2.75, 3.05) is 20.6 Å². The van der Waals surface area contributed by atoms with Gasteiger partial charge in [0, 0.05) is 12.5 Å². The molecule has 2 aromatic carbocycles. The van der Waals surface area contributed by atoms with Gasteiger partial charge >= 0.3 is 0 Å². The quantitative estimate of drug-likeness (QED) is 0.792. The molecule has 3 rings (SSSR count). The Bertz CT molecular complexity index is 709. The van der Waals surface area contributed by atoms with Gasteiger partial charge in [-0.3, -0.25) is 4.79 Å². The molecule has 0 saturated heterocycles. The van der Waals surface area contributed by atoms with Crippen molar-refractivity contribution in [2.24, 2.45) is 5.92 Å². The fourth-order valence-corrected chi connectivity index (χ4v) is 3.38. The van der Waals surface area contributed by atoms with Crippen LogP contribution in [0, 0.1) is 5.92 Å². The Kier molecular flexibility index (Phi) is 4.39. The average molecular weight is 293 g/mol. The summed E-state index contributed by atoms with van der Waals surface area (Å²) in [5, 5.41) is 2.45. The first-order valence-electron chi connectivity index (χ1n) is 8.02. The van der Waals surface area contributed by atoms with Crippen LogP contribution in [-0.2, 0) is 4.79 Å². The smallest absolute Gasteiger partial charge is 0.163 e. The van der Waals surface area contributed by atoms with Crippen LogP contribution in [0.3, 0.4) is 0 Å². The lowest BCUT2D eigenvalue weighted by Crippen LogP contribution is -2.31. The van der Waals surface area contributed by atoms with E-state index in [1.165, 1.54) is 10.8 Å². The predicted molar refractivity (Wildman–Crippen MR) is 92.8 cm³/mol. The van der Waals surface area contributed by atoms with Crippen molar-refractivity contribution >= 4 is 22.6 Å². The van der Waals surface area contributed by atoms with Crippen LogP contribution in [0.15, 0.2) is 48.0 Å². The molecular weight excluding hydrogens is 270 g/mol. The van der Waals surface area contributed by atoms with E-state index >= 15 is 0 Å². The van der Waals surface area contributed by atoms with Crippen LogP contribution in [-0.4, -0.2) is 31.3 Å². The first-order chi connectivity index (χ1) is 10.6. The van der Waals surface area contributed by atoms with Crippen molar-refractivity contribution < 1.29 is 4.79 Å². The van der Waals surface area contributed by atoms with Crippen molar-refractivity contribution in [3.8, 4) is 0 Å². The van der Waals surface area contributed by atoms with Crippen molar-refractivity contribution in [2.45, 2.75) is 19.3 Å². The van der Waals surface area contributed by atoms with Gasteiger partial charge in [-0.15, -0.1) is 0 Å². The molecule has 0 spiro atoms. The Hall–Kier alpha value is -1.93. The number of rotatable bonds is 3. The Morgan fingerprint density at radius 1 is 1.14 bits per heavy atom. The standard InChI is InChI=1S/C20H23NO/c1-21(2)14-18-11-6-10-17(20(18)22)13-16-9-5-8-15-7-3-4-12-19(15)16/h3-5,7-9,12-13,18H,6,10-11,14H2,1-2H3. The molecule has 1 saturated carbocycles. The first kappa shape index (κ1) is 15.0. The van der Waals surface area contributed by atoms with Gasteiger partial charge in [0.2, 0.25) is 0 Å². The summed E-state index contributed by atoms with van der Waals surface area (Å²) in [4.78, 5) is 14.8. The van der Waals surface area contributed by atoms with Gasteiger partial charge in [0.05, 0.1) is 0 Å². The topological polar surface area (TPSA) is 20.3 Å². The third-order valence-corrected chi connectivity index (χ3v) is 4.42. The second-order valence-corrected chi connectivity index (χ2v) is 6.45. The molecule has 114 valence electrons. The van der Waals surface area contributed by atoms with E-state index in [2.05, 4.69) is 53.4 Å². The summed E-state index contributed by atoms with van der Waals surface area (Å²) in [6.07, 6.45) is 5.16. The zero-order valence-electron chi connectivity index (χ0n) is 13.4. The van der Waals surface area contributed by atoms with Crippen LogP contribution in [0.4, 0.5) is 0 Å². The van der Waals surface area contributed by atoms with E-state index in [0.717, 1.165) is 36.9 Å². The van der Waals surface area contributed by atoms with Gasteiger partial charge in [0.25, 0.3) is 0 Å². The highest BCUT2D eigenvalue weighted by Gasteiger charge is 2.26. The minimum absolute atomic E-state index is 0.157. The fraction of sp³-hybridized carbons (Fsp3) is 0.350. The van der Waals surface area contributed by atoms with Gasteiger partial charge in [-0.05, 0) is 61.3 Å². The number of hydrogen-bond donors (Lipinski definition) is 0. The molecule has 1 aliphatic rings. The van der Waals surface area contributed by atoms with Crippen molar-refractivity contribution in [1.29, 1.82) is 0 Å². The number of nitrogens with zero attached hydrogens (tertiary/aromatic N) is 1. The third kappa shape index (κ3) is 3.12. The van der Waals surface area contributed by atoms with Crippen LogP contribution in [0.2, 0.25) is 0 Å². The van der Waals surface area contributed by atoms with Gasteiger partial charge in [-0.1, -0.05) is 42.5 Å². The van der Waals surface area contributed by atoms with E-state index in [-0.39, 0.29) is 5.92 Å². The molecule has 0 aliphatic heterocycles. The summed E-state index contributed by atoms with van der Waals surface area (Å²) in [5.74, 6) is 0.498. The molecule has 0 amide bonds. The highest BCUT2D eigenvalue weighted by Crippen LogP contribution is 2.29. The van der Waals surface area contributed by atoms with Crippen LogP contribution in [0.25, 0.3) is 16.8 Å². The number of Topliss-reactive ketones (excluding diaryl/α,β-unsaturated/α-hetero) is 1. The second kappa shape index (κ2) is 6.45. The molecule has 2 nitrogen and oxygen atoms in total. The Morgan fingerprint density at radius 3 is 2.73 bits per heavy atom. The first-order valence-corrected chi connectivity index (χ1v) is 8.02. The zero-order valence-corrected chi connectivity index (χ0v) is 13.4. The monoisotopic (exact) mass is 293 g/mol.